The molecule has 0 radical (unpaired) electrons. The van der Waals surface area contributed by atoms with E-state index in [-0.39, 0.29) is 16.9 Å². The van der Waals surface area contributed by atoms with E-state index in [9.17, 15) is 22.7 Å². The van der Waals surface area contributed by atoms with Gasteiger partial charge in [-0.1, -0.05) is 24.3 Å². The minimum atomic E-state index is -4.56. The van der Waals surface area contributed by atoms with Crippen molar-refractivity contribution in [2.45, 2.75) is 17.7 Å². The summed E-state index contributed by atoms with van der Waals surface area (Å²) in [7, 11) is -3.25. The Bertz CT molecular complexity index is 1040. The van der Waals surface area contributed by atoms with Gasteiger partial charge in [0.15, 0.2) is 4.87 Å². The van der Waals surface area contributed by atoms with Gasteiger partial charge in [-0.25, -0.2) is 17.9 Å². The van der Waals surface area contributed by atoms with Gasteiger partial charge in [0.2, 0.25) is 10.0 Å². The second-order valence-corrected chi connectivity index (χ2v) is 8.83. The molecule has 5 N–H and O–H groups in total. The summed E-state index contributed by atoms with van der Waals surface area (Å²) in [6, 6.07) is 9.49. The number of carbonyl (C=O) groups excluding carboxylic acids is 1. The van der Waals surface area contributed by atoms with Crippen LogP contribution in [0.3, 0.4) is 0 Å². The molecule has 10 heteroatoms. The number of phenols is 1. The Labute approximate surface area is 174 Å². The number of benzene rings is 2. The molecule has 162 valence electrons. The monoisotopic (exact) mass is 437 g/mol. The van der Waals surface area contributed by atoms with Crippen LogP contribution in [-0.4, -0.2) is 39.6 Å². The normalized spacial score (nSPS) is 17.2. The molecule has 8 nitrogen and oxygen atoms in total. The van der Waals surface area contributed by atoms with Crippen LogP contribution in [0.5, 0.6) is 11.5 Å². The van der Waals surface area contributed by atoms with Gasteiger partial charge in [0, 0.05) is 11.5 Å². The van der Waals surface area contributed by atoms with Crippen molar-refractivity contribution in [3.8, 4) is 11.5 Å². The third kappa shape index (κ3) is 3.85. The number of phenolic OH excluding ortho intramolecular Hbond substituents is 1. The first-order valence-electron chi connectivity index (χ1n) is 9.39. The first kappa shape index (κ1) is 22.0. The molecule has 1 heterocycles. The highest BCUT2D eigenvalue weighted by atomic mass is 32.2. The fourth-order valence-corrected chi connectivity index (χ4v) is 5.39. The van der Waals surface area contributed by atoms with Gasteiger partial charge in [-0.15, -0.1) is 0 Å². The zero-order chi connectivity index (χ0) is 21.9. The fraction of sp³-hybridized carbons (Fsp3) is 0.350. The van der Waals surface area contributed by atoms with Crippen molar-refractivity contribution in [2.24, 2.45) is 11.1 Å². The zero-order valence-electron chi connectivity index (χ0n) is 16.4. The Morgan fingerprint density at radius 2 is 1.90 bits per heavy atom. The summed E-state index contributed by atoms with van der Waals surface area (Å²) < 4.78 is 46.0. The summed E-state index contributed by atoms with van der Waals surface area (Å²) in [5, 5.41) is 21.5. The largest absolute Gasteiger partial charge is 0.507 e. The van der Waals surface area contributed by atoms with Crippen LogP contribution in [-0.2, 0) is 14.9 Å². The number of ether oxygens (including phenoxy) is 1. The Balaban J connectivity index is 2.22. The van der Waals surface area contributed by atoms with E-state index in [1.54, 1.807) is 0 Å². The average Bonchev–Trinajstić information content (AvgIpc) is 2.72. The Kier molecular flexibility index (Phi) is 6.30. The maximum atomic E-state index is 14.9. The second-order valence-electron chi connectivity index (χ2n) is 7.09. The van der Waals surface area contributed by atoms with Crippen LogP contribution in [0.4, 0.5) is 4.39 Å². The van der Waals surface area contributed by atoms with E-state index in [1.807, 2.05) is 0 Å². The molecule has 0 aliphatic carbocycles. The van der Waals surface area contributed by atoms with Gasteiger partial charge in [0.05, 0.1) is 7.11 Å². The molecule has 0 bridgehead atoms. The molecule has 1 aliphatic rings. The van der Waals surface area contributed by atoms with Gasteiger partial charge in [-0.05, 0) is 44.1 Å². The van der Waals surface area contributed by atoms with Crippen molar-refractivity contribution in [2.75, 3.05) is 20.2 Å². The lowest BCUT2D eigenvalue weighted by atomic mass is 9.84. The number of rotatable bonds is 6. The van der Waals surface area contributed by atoms with Crippen LogP contribution in [0.25, 0.3) is 0 Å². The Morgan fingerprint density at radius 1 is 1.23 bits per heavy atom. The molecule has 1 unspecified atom stereocenters. The third-order valence-corrected chi connectivity index (χ3v) is 6.94. The number of carbonyl (C=O) groups is 1. The number of amides is 1. The molecule has 0 aromatic heterocycles. The van der Waals surface area contributed by atoms with Crippen LogP contribution in [0.1, 0.15) is 28.8 Å². The summed E-state index contributed by atoms with van der Waals surface area (Å²) in [5.74, 6) is -2.83. The van der Waals surface area contributed by atoms with Crippen molar-refractivity contribution in [1.82, 2.24) is 10.6 Å². The van der Waals surface area contributed by atoms with Crippen molar-refractivity contribution < 1.29 is 27.4 Å². The molecule has 1 fully saturated rings. The number of nitrogens with two attached hydrogens (primary N) is 1. The van der Waals surface area contributed by atoms with E-state index >= 15 is 0 Å². The number of aromatic hydroxyl groups is 1. The number of nitrogens with one attached hydrogen (secondary N) is 2. The molecule has 1 saturated heterocycles. The highest BCUT2D eigenvalue weighted by Crippen LogP contribution is 2.41. The van der Waals surface area contributed by atoms with E-state index in [2.05, 4.69) is 10.6 Å². The quantitative estimate of drug-likeness (QED) is 0.541. The molecule has 1 atom stereocenters. The molecule has 1 aliphatic heterocycles. The highest BCUT2D eigenvalue weighted by molar-refractivity contribution is 7.90. The average molecular weight is 437 g/mol. The maximum Gasteiger partial charge on any atom is 0.260 e. The summed E-state index contributed by atoms with van der Waals surface area (Å²) in [6.07, 6.45) is 0.673. The summed E-state index contributed by atoms with van der Waals surface area (Å²) in [5.41, 5.74) is -0.513. The van der Waals surface area contributed by atoms with E-state index in [4.69, 9.17) is 9.88 Å². The smallest absolute Gasteiger partial charge is 0.260 e. The highest BCUT2D eigenvalue weighted by Gasteiger charge is 2.53. The standard InChI is InChI=1S/C20H24FN3O5S/c1-29-17-8-4-7-16(25)18(17)19(26)24-20(30(22,27)28,13-9-11-23-12-10-13)14-5-2-3-6-15(14)21/h2-8,13,23,25H,9-12H2,1H3,(H,24,26)(H2,22,27,28). The van der Waals surface area contributed by atoms with Crippen LogP contribution < -0.4 is 20.5 Å². The molecular formula is C20H24FN3O5S. The predicted octanol–water partition coefficient (Wildman–Crippen LogP) is 1.41. The fourth-order valence-electron chi connectivity index (χ4n) is 3.99. The number of sulfonamides is 1. The van der Waals surface area contributed by atoms with E-state index in [0.29, 0.717) is 25.9 Å². The first-order valence-corrected chi connectivity index (χ1v) is 10.9. The van der Waals surface area contributed by atoms with Gasteiger partial charge in [0.1, 0.15) is 22.9 Å². The first-order chi connectivity index (χ1) is 14.2. The zero-order valence-corrected chi connectivity index (χ0v) is 17.2. The van der Waals surface area contributed by atoms with Gasteiger partial charge in [-0.3, -0.25) is 4.79 Å². The van der Waals surface area contributed by atoms with Gasteiger partial charge < -0.3 is 20.5 Å². The number of piperidine rings is 1. The lowest BCUT2D eigenvalue weighted by molar-refractivity contribution is 0.0882. The number of methoxy groups -OCH3 is 1. The third-order valence-electron chi connectivity index (χ3n) is 5.39. The van der Waals surface area contributed by atoms with Crippen LogP contribution in [0.15, 0.2) is 42.5 Å². The maximum absolute atomic E-state index is 14.9. The van der Waals surface area contributed by atoms with Gasteiger partial charge in [-0.2, -0.15) is 0 Å². The van der Waals surface area contributed by atoms with E-state index < -0.39 is 38.3 Å². The Morgan fingerprint density at radius 3 is 2.50 bits per heavy atom. The molecular weight excluding hydrogens is 413 g/mol. The lowest BCUT2D eigenvalue weighted by Crippen LogP contribution is -2.60. The Hall–Kier alpha value is -2.69. The molecule has 3 rings (SSSR count). The minimum absolute atomic E-state index is 0.0367. The summed E-state index contributed by atoms with van der Waals surface area (Å²) in [4.78, 5) is 11.0. The van der Waals surface area contributed by atoms with Crippen LogP contribution >= 0.6 is 0 Å². The van der Waals surface area contributed by atoms with Crippen molar-refractivity contribution in [1.29, 1.82) is 0 Å². The van der Waals surface area contributed by atoms with Gasteiger partial charge >= 0.3 is 0 Å². The van der Waals surface area contributed by atoms with Crippen LogP contribution in [0.2, 0.25) is 0 Å². The molecule has 30 heavy (non-hydrogen) atoms. The SMILES string of the molecule is COc1cccc(O)c1C(=O)NC(c1ccccc1F)(C1CCNCC1)S(N)(=O)=O. The second kappa shape index (κ2) is 8.58. The summed E-state index contributed by atoms with van der Waals surface area (Å²) in [6.45, 7) is 0.957. The number of primary sulfonamides is 1. The number of halogens is 1. The van der Waals surface area contributed by atoms with Crippen LogP contribution in [0, 0.1) is 11.7 Å². The predicted molar refractivity (Wildman–Crippen MR) is 109 cm³/mol. The molecule has 1 amide bonds. The summed E-state index contributed by atoms with van der Waals surface area (Å²) >= 11 is 0. The minimum Gasteiger partial charge on any atom is -0.507 e. The number of hydrogen-bond donors (Lipinski definition) is 4. The van der Waals surface area contributed by atoms with Crippen molar-refractivity contribution >= 4 is 15.9 Å². The van der Waals surface area contributed by atoms with Gasteiger partial charge in [0.25, 0.3) is 5.91 Å². The van der Waals surface area contributed by atoms with E-state index in [1.165, 1.54) is 43.5 Å². The number of hydrogen-bond acceptors (Lipinski definition) is 6. The molecule has 0 saturated carbocycles. The van der Waals surface area contributed by atoms with Crippen molar-refractivity contribution in [3.05, 3.63) is 59.4 Å². The van der Waals surface area contributed by atoms with Crippen molar-refractivity contribution in [3.63, 3.8) is 0 Å². The molecule has 2 aromatic carbocycles. The topological polar surface area (TPSA) is 131 Å². The molecule has 2 aromatic rings. The lowest BCUT2D eigenvalue weighted by Gasteiger charge is -2.41. The van der Waals surface area contributed by atoms with E-state index in [0.717, 1.165) is 6.07 Å². The molecule has 0 spiro atoms.